The average Bonchev–Trinajstić information content (AvgIpc) is 3.19. The van der Waals surface area contributed by atoms with Crippen LogP contribution in [0, 0.1) is 0 Å². The highest BCUT2D eigenvalue weighted by Crippen LogP contribution is 2.38. The van der Waals surface area contributed by atoms with Crippen molar-refractivity contribution in [2.45, 2.75) is 0 Å². The van der Waals surface area contributed by atoms with Gasteiger partial charge in [-0.2, -0.15) is 5.10 Å². The maximum absolute atomic E-state index is 5.26. The number of anilines is 1. The number of hydrazone groups is 1. The Labute approximate surface area is 182 Å². The van der Waals surface area contributed by atoms with Crippen LogP contribution in [0.15, 0.2) is 88.4 Å². The molecular formula is C23H18BrN3OS. The van der Waals surface area contributed by atoms with Crippen LogP contribution < -0.4 is 10.2 Å². The summed E-state index contributed by atoms with van der Waals surface area (Å²) in [6.45, 7) is 0. The van der Waals surface area contributed by atoms with Crippen molar-refractivity contribution in [2.75, 3.05) is 12.5 Å². The third kappa shape index (κ3) is 4.55. The van der Waals surface area contributed by atoms with Crippen LogP contribution >= 0.6 is 27.3 Å². The quantitative estimate of drug-likeness (QED) is 0.255. The lowest BCUT2D eigenvalue weighted by Gasteiger charge is -2.03. The Bertz CT molecular complexity index is 1070. The third-order valence-electron chi connectivity index (χ3n) is 4.26. The van der Waals surface area contributed by atoms with Crippen molar-refractivity contribution >= 4 is 38.6 Å². The number of rotatable bonds is 6. The molecule has 29 heavy (non-hydrogen) atoms. The first-order chi connectivity index (χ1) is 14.2. The van der Waals surface area contributed by atoms with Crippen LogP contribution in [0.3, 0.4) is 0 Å². The van der Waals surface area contributed by atoms with Crippen molar-refractivity contribution in [2.24, 2.45) is 5.10 Å². The van der Waals surface area contributed by atoms with Gasteiger partial charge < -0.3 is 4.74 Å². The van der Waals surface area contributed by atoms with Gasteiger partial charge in [-0.15, -0.1) is 0 Å². The van der Waals surface area contributed by atoms with E-state index >= 15 is 0 Å². The number of ether oxygens (including phenoxy) is 1. The molecule has 0 spiro atoms. The molecule has 0 aliphatic rings. The molecule has 144 valence electrons. The van der Waals surface area contributed by atoms with E-state index in [4.69, 9.17) is 9.72 Å². The second-order valence-corrected chi connectivity index (χ2v) is 8.05. The molecule has 1 heterocycles. The van der Waals surface area contributed by atoms with Crippen LogP contribution in [0.5, 0.6) is 5.75 Å². The van der Waals surface area contributed by atoms with E-state index in [1.165, 1.54) is 0 Å². The molecule has 0 amide bonds. The molecule has 0 unspecified atom stereocenters. The topological polar surface area (TPSA) is 46.5 Å². The lowest BCUT2D eigenvalue weighted by atomic mass is 10.1. The van der Waals surface area contributed by atoms with Gasteiger partial charge in [-0.25, -0.2) is 4.98 Å². The number of thiazole rings is 1. The minimum absolute atomic E-state index is 0.742. The van der Waals surface area contributed by atoms with Gasteiger partial charge in [-0.3, -0.25) is 5.43 Å². The second-order valence-electron chi connectivity index (χ2n) is 6.19. The van der Waals surface area contributed by atoms with E-state index in [0.717, 1.165) is 42.6 Å². The fourth-order valence-electron chi connectivity index (χ4n) is 2.87. The zero-order valence-electron chi connectivity index (χ0n) is 15.7. The number of benzene rings is 3. The molecule has 0 atom stereocenters. The van der Waals surface area contributed by atoms with Gasteiger partial charge in [0.2, 0.25) is 5.13 Å². The van der Waals surface area contributed by atoms with Crippen molar-refractivity contribution in [1.29, 1.82) is 0 Å². The maximum Gasteiger partial charge on any atom is 0.204 e. The Kier molecular flexibility index (Phi) is 6.03. The van der Waals surface area contributed by atoms with Crippen LogP contribution in [0.25, 0.3) is 21.7 Å². The van der Waals surface area contributed by atoms with Gasteiger partial charge in [0, 0.05) is 5.56 Å². The Morgan fingerprint density at radius 2 is 1.66 bits per heavy atom. The van der Waals surface area contributed by atoms with Crippen molar-refractivity contribution in [3.8, 4) is 27.4 Å². The Hall–Kier alpha value is -2.96. The van der Waals surface area contributed by atoms with Crippen LogP contribution in [-0.2, 0) is 0 Å². The molecule has 0 saturated carbocycles. The first-order valence-corrected chi connectivity index (χ1v) is 10.6. The molecule has 0 aliphatic heterocycles. The molecule has 0 saturated heterocycles. The number of methoxy groups -OCH3 is 1. The van der Waals surface area contributed by atoms with Crippen LogP contribution in [0.2, 0.25) is 0 Å². The normalized spacial score (nSPS) is 11.0. The molecule has 4 rings (SSSR count). The summed E-state index contributed by atoms with van der Waals surface area (Å²) >= 11 is 5.08. The second kappa shape index (κ2) is 9.03. The largest absolute Gasteiger partial charge is 0.496 e. The first-order valence-electron chi connectivity index (χ1n) is 8.99. The number of nitrogens with zero attached hydrogens (tertiary/aromatic N) is 2. The fraction of sp³-hybridized carbons (Fsp3) is 0.0435. The molecule has 1 aromatic heterocycles. The third-order valence-corrected chi connectivity index (χ3v) is 5.89. The van der Waals surface area contributed by atoms with Gasteiger partial charge >= 0.3 is 0 Å². The van der Waals surface area contributed by atoms with Gasteiger partial charge in [-0.05, 0) is 45.3 Å². The highest BCUT2D eigenvalue weighted by atomic mass is 79.9. The van der Waals surface area contributed by atoms with E-state index in [1.807, 2.05) is 54.6 Å². The summed E-state index contributed by atoms with van der Waals surface area (Å²) in [7, 11) is 1.65. The monoisotopic (exact) mass is 463 g/mol. The number of hydrogen-bond acceptors (Lipinski definition) is 5. The Morgan fingerprint density at radius 1 is 0.966 bits per heavy atom. The van der Waals surface area contributed by atoms with E-state index in [0.29, 0.717) is 0 Å². The van der Waals surface area contributed by atoms with Crippen molar-refractivity contribution in [1.82, 2.24) is 4.98 Å². The van der Waals surface area contributed by atoms with Gasteiger partial charge in [0.15, 0.2) is 0 Å². The standard InChI is InChI=1S/C23H18BrN3OS/c1-28-20-13-12-16(14-19(20)24)15-25-27-23-26-21(17-8-4-2-5-9-17)22(29-23)18-10-6-3-7-11-18/h2-15H,1H3,(H,26,27). The SMILES string of the molecule is COc1ccc(C=NNc2nc(-c3ccccc3)c(-c3ccccc3)s2)cc1Br. The smallest absolute Gasteiger partial charge is 0.204 e. The van der Waals surface area contributed by atoms with Gasteiger partial charge in [0.25, 0.3) is 0 Å². The molecule has 0 radical (unpaired) electrons. The summed E-state index contributed by atoms with van der Waals surface area (Å²) in [5.41, 5.74) is 7.20. The van der Waals surface area contributed by atoms with Crippen molar-refractivity contribution < 1.29 is 4.74 Å². The predicted molar refractivity (Wildman–Crippen MR) is 125 cm³/mol. The Morgan fingerprint density at radius 3 is 2.31 bits per heavy atom. The molecule has 4 aromatic rings. The van der Waals surface area contributed by atoms with E-state index in [-0.39, 0.29) is 0 Å². The van der Waals surface area contributed by atoms with Gasteiger partial charge in [0.05, 0.1) is 28.4 Å². The van der Waals surface area contributed by atoms with Crippen LogP contribution in [-0.4, -0.2) is 18.3 Å². The minimum atomic E-state index is 0.742. The summed E-state index contributed by atoms with van der Waals surface area (Å²) in [5, 5.41) is 5.10. The molecule has 0 fully saturated rings. The molecule has 0 bridgehead atoms. The molecular weight excluding hydrogens is 446 g/mol. The molecule has 4 nitrogen and oxygen atoms in total. The summed E-state index contributed by atoms with van der Waals surface area (Å²) < 4.78 is 6.14. The number of halogens is 1. The summed E-state index contributed by atoms with van der Waals surface area (Å²) in [6.07, 6.45) is 1.76. The van der Waals surface area contributed by atoms with E-state index < -0.39 is 0 Å². The molecule has 1 N–H and O–H groups in total. The highest BCUT2D eigenvalue weighted by Gasteiger charge is 2.14. The minimum Gasteiger partial charge on any atom is -0.496 e. The number of hydrogen-bond donors (Lipinski definition) is 1. The summed E-state index contributed by atoms with van der Waals surface area (Å²) in [6, 6.07) is 26.3. The maximum atomic E-state index is 5.26. The van der Waals surface area contributed by atoms with Crippen molar-refractivity contribution in [3.05, 3.63) is 88.9 Å². The van der Waals surface area contributed by atoms with E-state index in [9.17, 15) is 0 Å². The molecule has 6 heteroatoms. The number of aromatic nitrogens is 1. The lowest BCUT2D eigenvalue weighted by molar-refractivity contribution is 0.412. The highest BCUT2D eigenvalue weighted by molar-refractivity contribution is 9.10. The molecule has 0 aliphatic carbocycles. The predicted octanol–water partition coefficient (Wildman–Crippen LogP) is 6.69. The summed E-state index contributed by atoms with van der Waals surface area (Å²) in [5.74, 6) is 0.787. The van der Waals surface area contributed by atoms with Crippen LogP contribution in [0.1, 0.15) is 5.56 Å². The van der Waals surface area contributed by atoms with Crippen LogP contribution in [0.4, 0.5) is 5.13 Å². The lowest BCUT2D eigenvalue weighted by Crippen LogP contribution is -1.91. The van der Waals surface area contributed by atoms with Crippen molar-refractivity contribution in [3.63, 3.8) is 0 Å². The van der Waals surface area contributed by atoms with E-state index in [1.54, 1.807) is 24.7 Å². The summed E-state index contributed by atoms with van der Waals surface area (Å²) in [4.78, 5) is 5.91. The van der Waals surface area contributed by atoms with E-state index in [2.05, 4.69) is 50.7 Å². The Balaban J connectivity index is 1.61. The van der Waals surface area contributed by atoms with Gasteiger partial charge in [0.1, 0.15) is 5.75 Å². The zero-order chi connectivity index (χ0) is 20.1. The molecule has 3 aromatic carbocycles. The zero-order valence-corrected chi connectivity index (χ0v) is 18.1. The number of nitrogens with one attached hydrogen (secondary N) is 1. The van der Waals surface area contributed by atoms with Gasteiger partial charge in [-0.1, -0.05) is 72.0 Å². The fourth-order valence-corrected chi connectivity index (χ4v) is 4.37. The first kappa shape index (κ1) is 19.4. The average molecular weight is 464 g/mol.